The summed E-state index contributed by atoms with van der Waals surface area (Å²) in [6.45, 7) is 0. The summed E-state index contributed by atoms with van der Waals surface area (Å²) >= 11 is 10.4. The normalized spacial score (nSPS) is 9.92. The molecule has 0 bridgehead atoms. The van der Waals surface area contributed by atoms with Crippen molar-refractivity contribution in [1.82, 2.24) is 0 Å². The van der Waals surface area contributed by atoms with E-state index < -0.39 is 0 Å². The van der Waals surface area contributed by atoms with Gasteiger partial charge in [0.1, 0.15) is 0 Å². The first-order chi connectivity index (χ1) is 11.9. The van der Waals surface area contributed by atoms with Crippen molar-refractivity contribution in [1.29, 1.82) is 0 Å². The Hall–Kier alpha value is 0.838. The molecule has 0 unspecified atom stereocenters. The Kier molecular flexibility index (Phi) is 11.6. The Morgan fingerprint density at radius 2 is 0.680 bits per heavy atom. The summed E-state index contributed by atoms with van der Waals surface area (Å²) in [7, 11) is 0. The molecule has 0 saturated carbocycles. The zero-order chi connectivity index (χ0) is 16.5. The molecule has 0 radical (unpaired) electrons. The van der Waals surface area contributed by atoms with Crippen LogP contribution in [0.5, 0.6) is 0 Å². The van der Waals surface area contributed by atoms with Crippen LogP contribution in [0.25, 0.3) is 0 Å². The van der Waals surface area contributed by atoms with Gasteiger partial charge >= 0.3 is 183 Å². The molecule has 2 N–H and O–H groups in total. The van der Waals surface area contributed by atoms with Gasteiger partial charge in [-0.1, -0.05) is 0 Å². The van der Waals surface area contributed by atoms with Gasteiger partial charge in [-0.05, 0) is 0 Å². The molecule has 4 rings (SSSR count). The Morgan fingerprint density at radius 1 is 0.440 bits per heavy atom. The van der Waals surface area contributed by atoms with Crippen molar-refractivity contribution in [2.75, 3.05) is 0 Å². The van der Waals surface area contributed by atoms with Crippen LogP contribution in [-0.2, 0) is 0 Å². The van der Waals surface area contributed by atoms with Crippen LogP contribution in [-0.4, -0.2) is 58.0 Å². The minimum atomic E-state index is 0. The molecule has 1 nitrogen and oxygen atoms in total. The Balaban J connectivity index is 0.000000173. The molecule has 0 spiro atoms. The molecule has 0 aromatic carbocycles. The van der Waals surface area contributed by atoms with Gasteiger partial charge in [0.25, 0.3) is 0 Å². The molecule has 4 heterocycles. The molecule has 0 aliphatic heterocycles. The van der Waals surface area contributed by atoms with E-state index in [0.29, 0.717) is 52.5 Å². The zero-order valence-electron chi connectivity index (χ0n) is 12.7. The Labute approximate surface area is 186 Å². The molecule has 0 aliphatic carbocycles. The molecule has 0 fully saturated rings. The van der Waals surface area contributed by atoms with Crippen molar-refractivity contribution in [3.63, 3.8) is 0 Å². The fourth-order valence-electron chi connectivity index (χ4n) is 1.41. The topological polar surface area (TPSA) is 31.5 Å². The van der Waals surface area contributed by atoms with E-state index in [2.05, 4.69) is 70.1 Å². The molecule has 0 saturated heterocycles. The third-order valence-electron chi connectivity index (χ3n) is 2.39. The summed E-state index contributed by atoms with van der Waals surface area (Å²) in [5.41, 5.74) is 0. The molecule has 25 heavy (non-hydrogen) atoms. The van der Waals surface area contributed by atoms with Crippen molar-refractivity contribution in [3.05, 3.63) is 70.1 Å². The van der Waals surface area contributed by atoms with Gasteiger partial charge in [0.05, 0.1) is 0 Å². The number of hydrogen-bond acceptors (Lipinski definition) is 4. The predicted molar refractivity (Wildman–Crippen MR) is 122 cm³/mol. The Bertz CT molecular complexity index is 631. The van der Waals surface area contributed by atoms with Gasteiger partial charge in [-0.3, -0.25) is 0 Å². The predicted octanol–water partition coefficient (Wildman–Crippen LogP) is 1.34. The van der Waals surface area contributed by atoms with Crippen LogP contribution in [0.2, 0.25) is 0 Å². The number of rotatable bonds is 6. The fourth-order valence-corrected chi connectivity index (χ4v) is 22.4. The van der Waals surface area contributed by atoms with Crippen molar-refractivity contribution < 1.29 is 5.48 Å². The number of hydrogen-bond donors (Lipinski definition) is 0. The van der Waals surface area contributed by atoms with Crippen molar-refractivity contribution in [3.8, 4) is 0 Å². The third kappa shape index (κ3) is 8.59. The van der Waals surface area contributed by atoms with Crippen LogP contribution in [0.1, 0.15) is 0 Å². The molecular formula is C16H14OS4Se4. The molecule has 132 valence electrons. The van der Waals surface area contributed by atoms with E-state index in [1.807, 2.05) is 45.3 Å². The average Bonchev–Trinajstić information content (AvgIpc) is 3.43. The van der Waals surface area contributed by atoms with Crippen LogP contribution < -0.4 is 15.1 Å². The number of thiophene rings is 4. The summed E-state index contributed by atoms with van der Waals surface area (Å²) in [6, 6.07) is 17.6. The standard InChI is InChI=1S/2C8H6S2Se2.H2O/c2*1-3-7(9-5-1)11-12-8-4-2-6-10-8;/h2*1-6H;1H2. The third-order valence-corrected chi connectivity index (χ3v) is 26.7. The van der Waals surface area contributed by atoms with Gasteiger partial charge in [-0.25, -0.2) is 0 Å². The summed E-state index contributed by atoms with van der Waals surface area (Å²) in [5, 5.41) is 8.67. The van der Waals surface area contributed by atoms with E-state index in [-0.39, 0.29) is 5.48 Å². The molecule has 0 amide bonds. The van der Waals surface area contributed by atoms with E-state index in [4.69, 9.17) is 0 Å². The SMILES string of the molecule is O.c1csc([Se][Se]c2cccs2)c1.c1csc([Se][Se]c2cccs2)c1. The quantitative estimate of drug-likeness (QED) is 0.279. The van der Waals surface area contributed by atoms with E-state index in [1.54, 1.807) is 15.1 Å². The second-order valence-corrected chi connectivity index (χ2v) is 22.5. The van der Waals surface area contributed by atoms with E-state index in [9.17, 15) is 0 Å². The fraction of sp³-hybridized carbons (Fsp3) is 0. The van der Waals surface area contributed by atoms with Crippen molar-refractivity contribution >= 4 is 113 Å². The minimum absolute atomic E-state index is 0. The van der Waals surface area contributed by atoms with Gasteiger partial charge in [0.2, 0.25) is 0 Å². The van der Waals surface area contributed by atoms with Gasteiger partial charge < -0.3 is 5.48 Å². The summed E-state index contributed by atoms with van der Waals surface area (Å²) < 4.78 is 6.32. The van der Waals surface area contributed by atoms with Crippen molar-refractivity contribution in [2.45, 2.75) is 0 Å². The maximum absolute atomic E-state index is 2.25. The molecule has 0 aliphatic rings. The molecule has 0 atom stereocenters. The van der Waals surface area contributed by atoms with Crippen molar-refractivity contribution in [2.24, 2.45) is 0 Å². The monoisotopic (exact) mass is 670 g/mol. The van der Waals surface area contributed by atoms with Crippen LogP contribution >= 0.6 is 45.3 Å². The van der Waals surface area contributed by atoms with Gasteiger partial charge in [-0.15, -0.1) is 0 Å². The van der Waals surface area contributed by atoms with E-state index in [0.717, 1.165) is 0 Å². The Morgan fingerprint density at radius 3 is 0.840 bits per heavy atom. The first kappa shape index (κ1) is 22.1. The first-order valence-electron chi connectivity index (χ1n) is 6.73. The maximum atomic E-state index is 2.25. The molecule has 4 aromatic rings. The van der Waals surface area contributed by atoms with Gasteiger partial charge in [0, 0.05) is 0 Å². The van der Waals surface area contributed by atoms with Crippen LogP contribution in [0.4, 0.5) is 0 Å². The first-order valence-corrected chi connectivity index (χ1v) is 22.3. The van der Waals surface area contributed by atoms with E-state index >= 15 is 0 Å². The molecule has 9 heteroatoms. The van der Waals surface area contributed by atoms with Crippen LogP contribution in [0, 0.1) is 0 Å². The summed E-state index contributed by atoms with van der Waals surface area (Å²) in [5.74, 6) is 0. The van der Waals surface area contributed by atoms with Crippen LogP contribution in [0.15, 0.2) is 70.1 Å². The van der Waals surface area contributed by atoms with Gasteiger partial charge in [0.15, 0.2) is 0 Å². The summed E-state index contributed by atoms with van der Waals surface area (Å²) in [6.07, 6.45) is 0. The zero-order valence-corrected chi connectivity index (χ0v) is 22.8. The molecule has 4 aromatic heterocycles. The average molecular weight is 666 g/mol. The van der Waals surface area contributed by atoms with E-state index in [1.165, 1.54) is 0 Å². The van der Waals surface area contributed by atoms with Crippen LogP contribution in [0.3, 0.4) is 0 Å². The van der Waals surface area contributed by atoms with Gasteiger partial charge in [-0.2, -0.15) is 0 Å². The molecular weight excluding hydrogens is 652 g/mol. The second kappa shape index (κ2) is 13.1. The summed E-state index contributed by atoms with van der Waals surface area (Å²) in [4.78, 5) is 0. The second-order valence-electron chi connectivity index (χ2n) is 4.06.